The van der Waals surface area contributed by atoms with Gasteiger partial charge in [-0.05, 0) is 131 Å². The number of Topliss-reactive ketones (excluding diaryl/α,β-unsaturated/α-hetero) is 1. The summed E-state index contributed by atoms with van der Waals surface area (Å²) >= 11 is 0. The minimum Gasteiger partial charge on any atom is -0.414 e. The van der Waals surface area contributed by atoms with Crippen molar-refractivity contribution in [3.63, 3.8) is 0 Å². The lowest BCUT2D eigenvalue weighted by molar-refractivity contribution is -0.330. The van der Waals surface area contributed by atoms with Crippen molar-refractivity contribution in [1.29, 1.82) is 0 Å². The van der Waals surface area contributed by atoms with Gasteiger partial charge in [0.25, 0.3) is 0 Å². The van der Waals surface area contributed by atoms with Gasteiger partial charge in [-0.2, -0.15) is 0 Å². The summed E-state index contributed by atoms with van der Waals surface area (Å²) in [6.45, 7) is 59.2. The molecule has 0 aliphatic carbocycles. The van der Waals surface area contributed by atoms with Crippen LogP contribution in [0, 0.1) is 11.8 Å². The normalized spacial score (nSPS) is 24.5. The number of carbonyl (C=O) groups is 2. The van der Waals surface area contributed by atoms with Crippen LogP contribution < -0.4 is 0 Å². The zero-order valence-corrected chi connectivity index (χ0v) is 56.6. The first-order chi connectivity index (χ1) is 33.1. The Labute approximate surface area is 459 Å². The van der Waals surface area contributed by atoms with Crippen LogP contribution in [0.15, 0.2) is 24.3 Å². The molecule has 2 aliphatic rings. The van der Waals surface area contributed by atoms with Gasteiger partial charge < -0.3 is 41.8 Å². The third-order valence-electron chi connectivity index (χ3n) is 17.5. The number of ketones is 1. The van der Waals surface area contributed by atoms with E-state index >= 15 is 0 Å². The minimum atomic E-state index is -2.38. The van der Waals surface area contributed by atoms with Gasteiger partial charge in [-0.15, -0.1) is 0 Å². The van der Waals surface area contributed by atoms with Crippen molar-refractivity contribution in [2.24, 2.45) is 11.8 Å². The number of aliphatic hydroxyl groups is 1. The van der Waals surface area contributed by atoms with Gasteiger partial charge in [-0.1, -0.05) is 122 Å². The fourth-order valence-electron chi connectivity index (χ4n) is 9.10. The summed E-state index contributed by atoms with van der Waals surface area (Å²) in [6, 6.07) is 0. The van der Waals surface area contributed by atoms with E-state index < -0.39 is 50.9 Å². The van der Waals surface area contributed by atoms with Crippen LogP contribution in [0.5, 0.6) is 0 Å². The molecule has 0 aromatic carbocycles. The predicted octanol–water partition coefficient (Wildman–Crippen LogP) is 15.6. The lowest BCUT2D eigenvalue weighted by Gasteiger charge is -2.46. The number of hydrogen-bond acceptors (Lipinski definition) is 11. The quantitative estimate of drug-likeness (QED) is 0.0365. The summed E-state index contributed by atoms with van der Waals surface area (Å²) in [6.07, 6.45) is 11.4. The Morgan fingerprint density at radius 2 is 1.00 bits per heavy atom. The van der Waals surface area contributed by atoms with Gasteiger partial charge in [0.2, 0.25) is 0 Å². The minimum absolute atomic E-state index is 0.0195. The Hall–Kier alpha value is -0.672. The van der Waals surface area contributed by atoms with Crippen molar-refractivity contribution in [3.05, 3.63) is 24.3 Å². The second-order valence-electron chi connectivity index (χ2n) is 29.8. The molecule has 2 heterocycles. The van der Waals surface area contributed by atoms with Crippen molar-refractivity contribution < 1.29 is 51.3 Å². The summed E-state index contributed by atoms with van der Waals surface area (Å²) in [5.74, 6) is -1.38. The van der Waals surface area contributed by atoms with E-state index in [1.165, 1.54) is 0 Å². The highest BCUT2D eigenvalue weighted by molar-refractivity contribution is 6.75. The molecule has 1 N–H and O–H groups in total. The van der Waals surface area contributed by atoms with Gasteiger partial charge in [0.1, 0.15) is 12.1 Å². The highest BCUT2D eigenvalue weighted by atomic mass is 28.4. The number of aldehydes is 1. The van der Waals surface area contributed by atoms with Crippen LogP contribution >= 0.6 is 0 Å². The molecule has 2 rings (SSSR count). The molecule has 0 amide bonds. The maximum atomic E-state index is 14.9. The van der Waals surface area contributed by atoms with Gasteiger partial charge in [-0.3, -0.25) is 9.59 Å². The fourth-order valence-corrected chi connectivity index (χ4v) is 14.5. The van der Waals surface area contributed by atoms with E-state index in [1.54, 1.807) is 6.08 Å². The molecule has 0 spiro atoms. The van der Waals surface area contributed by atoms with E-state index in [9.17, 15) is 14.7 Å². The molecule has 2 saturated heterocycles. The molecule has 74 heavy (non-hydrogen) atoms. The van der Waals surface area contributed by atoms with Crippen LogP contribution in [0.3, 0.4) is 0 Å². The van der Waals surface area contributed by atoms with Crippen molar-refractivity contribution >= 4 is 45.3 Å². The second kappa shape index (κ2) is 26.7. The van der Waals surface area contributed by atoms with E-state index in [-0.39, 0.29) is 99.4 Å². The van der Waals surface area contributed by atoms with E-state index in [0.717, 1.165) is 6.29 Å². The summed E-state index contributed by atoms with van der Waals surface area (Å²) in [7, 11) is -9.27. The molecular formula is C59H116O11Si4. The van der Waals surface area contributed by atoms with Gasteiger partial charge in [-0.25, -0.2) is 0 Å². The average Bonchev–Trinajstić information content (AvgIpc) is 3.16. The molecule has 10 atom stereocenters. The van der Waals surface area contributed by atoms with Gasteiger partial charge in [0.05, 0.1) is 54.9 Å². The highest BCUT2D eigenvalue weighted by Gasteiger charge is 2.47. The first-order valence-corrected chi connectivity index (χ1v) is 40.2. The summed E-state index contributed by atoms with van der Waals surface area (Å²) in [4.78, 5) is 26.4. The van der Waals surface area contributed by atoms with Crippen LogP contribution in [-0.4, -0.2) is 117 Å². The number of aliphatic hydroxyl groups excluding tert-OH is 1. The van der Waals surface area contributed by atoms with Gasteiger partial charge in [0.15, 0.2) is 44.8 Å². The van der Waals surface area contributed by atoms with E-state index in [1.807, 2.05) is 47.6 Å². The molecule has 434 valence electrons. The average molecular weight is 1110 g/mol. The molecule has 0 aromatic rings. The zero-order chi connectivity index (χ0) is 57.5. The molecule has 15 heteroatoms. The molecule has 0 saturated carbocycles. The first-order valence-electron chi connectivity index (χ1n) is 28.5. The largest absolute Gasteiger partial charge is 0.414 e. The number of allylic oxidation sites excluding steroid dienone is 1. The van der Waals surface area contributed by atoms with Crippen LogP contribution in [0.4, 0.5) is 0 Å². The Balaban J connectivity index is 2.56. The molecule has 0 radical (unpaired) electrons. The highest BCUT2D eigenvalue weighted by Crippen LogP contribution is 2.44. The Bertz CT molecular complexity index is 1800. The van der Waals surface area contributed by atoms with E-state index in [4.69, 9.17) is 36.7 Å². The molecule has 2 fully saturated rings. The molecule has 2 aliphatic heterocycles. The zero-order valence-electron chi connectivity index (χ0n) is 52.6. The van der Waals surface area contributed by atoms with Crippen LogP contribution in [0.25, 0.3) is 0 Å². The molecule has 0 bridgehead atoms. The van der Waals surface area contributed by atoms with Crippen LogP contribution in [0.1, 0.15) is 189 Å². The molecule has 0 aromatic heterocycles. The van der Waals surface area contributed by atoms with Crippen molar-refractivity contribution in [2.75, 3.05) is 0 Å². The number of ether oxygens (including phenoxy) is 4. The Kier molecular flexibility index (Phi) is 25.1. The maximum Gasteiger partial charge on any atom is 0.192 e. The number of rotatable bonds is 27. The van der Waals surface area contributed by atoms with E-state index in [0.29, 0.717) is 44.9 Å². The standard InChI is InChI=1S/C59H116O11Si4/c1-42(2)53(62)43(3)52-41-49(65-59(18,19)66-52)40-48-37-45(63-58(16,17)64-48)32-30-33-47(68-72(22,23)55(7,8)9)39-51(70-74(26,27)57(13,14)15)36-44(61)35-50(69-73(24,25)56(10,11)12)38-46(31-28-29-34-60)67-71(20,21)54(4,5)6/h28-30,33-34,42-43,45-53,62H,31-32,35-41H2,1-27H3/b29-28+,33-30+/t43-,45+,46+,47-,48+,49-,50+,51-,52-,53-/m0/s1. The fraction of sp³-hybridized carbons (Fsp3) is 0.898. The van der Waals surface area contributed by atoms with E-state index in [2.05, 4.69) is 155 Å². The molecule has 0 unspecified atom stereocenters. The van der Waals surface area contributed by atoms with Crippen molar-refractivity contribution in [2.45, 2.75) is 328 Å². The molecular weight excluding hydrogens is 997 g/mol. The maximum absolute atomic E-state index is 14.9. The van der Waals surface area contributed by atoms with Crippen molar-refractivity contribution in [1.82, 2.24) is 0 Å². The first kappa shape index (κ1) is 69.4. The number of carbonyl (C=O) groups excluding carboxylic acids is 2. The monoisotopic (exact) mass is 1110 g/mol. The Morgan fingerprint density at radius 3 is 1.45 bits per heavy atom. The van der Waals surface area contributed by atoms with Crippen LogP contribution in [-0.2, 0) is 46.2 Å². The summed E-state index contributed by atoms with van der Waals surface area (Å²) < 4.78 is 55.0. The summed E-state index contributed by atoms with van der Waals surface area (Å²) in [5.41, 5.74) is 0. The van der Waals surface area contributed by atoms with Gasteiger partial charge in [0, 0.05) is 44.4 Å². The molecule has 11 nitrogen and oxygen atoms in total. The van der Waals surface area contributed by atoms with Crippen LogP contribution in [0.2, 0.25) is 72.5 Å². The third kappa shape index (κ3) is 22.1. The smallest absolute Gasteiger partial charge is 0.192 e. The lowest BCUT2D eigenvalue weighted by Crippen LogP contribution is -2.51. The summed E-state index contributed by atoms with van der Waals surface area (Å²) in [5, 5.41) is 10.8. The van der Waals surface area contributed by atoms with Crippen molar-refractivity contribution in [3.8, 4) is 0 Å². The Morgan fingerprint density at radius 1 is 0.595 bits per heavy atom. The second-order valence-corrected chi connectivity index (χ2v) is 48.8. The predicted molar refractivity (Wildman–Crippen MR) is 317 cm³/mol. The third-order valence-corrected chi connectivity index (χ3v) is 35.6. The lowest BCUT2D eigenvalue weighted by atomic mass is 9.86. The number of hydrogen-bond donors (Lipinski definition) is 1. The van der Waals surface area contributed by atoms with Gasteiger partial charge >= 0.3 is 0 Å². The topological polar surface area (TPSA) is 128 Å². The SMILES string of the molecule is CC(C)[C@H](O)[C@@H](C)[C@@H]1C[C@H](C[C@H]2C[C@@H](C/C=C/[C@@H](C[C@H](CC(=O)C[C@H](C[C@@H](C/C=C/C=O)O[Si](C)(C)C(C)(C)C)O[Si](C)(C)C(C)(C)C)O[Si](C)(C)C(C)(C)C)O[Si](C)(C)C(C)(C)C)OC(C)(C)O2)OC(C)(C)O1.